The van der Waals surface area contributed by atoms with Crippen molar-refractivity contribution >= 4 is 0 Å². The molecule has 1 atom stereocenters. The molecular weight excluding hydrogens is 186 g/mol. The molecule has 3 heteroatoms. The molecule has 3 nitrogen and oxygen atoms in total. The lowest BCUT2D eigenvalue weighted by Gasteiger charge is -2.23. The maximum Gasteiger partial charge on any atom is 0.0537 e. The van der Waals surface area contributed by atoms with Crippen LogP contribution in [0.2, 0.25) is 0 Å². The van der Waals surface area contributed by atoms with E-state index in [1.807, 2.05) is 17.9 Å². The molecule has 0 radical (unpaired) electrons. The Morgan fingerprint density at radius 1 is 1.67 bits per heavy atom. The first kappa shape index (κ1) is 10.4. The SMILES string of the molecule is C=C(C)CN1CCC[C@@H]1c1cnn(C)c1. The topological polar surface area (TPSA) is 21.1 Å². The van der Waals surface area contributed by atoms with Crippen molar-refractivity contribution in [2.24, 2.45) is 7.05 Å². The van der Waals surface area contributed by atoms with Gasteiger partial charge in [0, 0.05) is 31.4 Å². The molecule has 0 spiro atoms. The van der Waals surface area contributed by atoms with E-state index in [9.17, 15) is 0 Å². The van der Waals surface area contributed by atoms with Crippen LogP contribution in [0.3, 0.4) is 0 Å². The van der Waals surface area contributed by atoms with Crippen LogP contribution in [0.5, 0.6) is 0 Å². The number of aromatic nitrogens is 2. The van der Waals surface area contributed by atoms with Gasteiger partial charge >= 0.3 is 0 Å². The first-order valence-corrected chi connectivity index (χ1v) is 5.54. The Kier molecular flexibility index (Phi) is 2.91. The second-order valence-corrected chi connectivity index (χ2v) is 4.53. The van der Waals surface area contributed by atoms with Gasteiger partial charge in [0.15, 0.2) is 0 Å². The Hall–Kier alpha value is -1.09. The van der Waals surface area contributed by atoms with E-state index in [0.717, 1.165) is 6.54 Å². The van der Waals surface area contributed by atoms with Crippen LogP contribution in [0.25, 0.3) is 0 Å². The zero-order valence-corrected chi connectivity index (χ0v) is 9.61. The Labute approximate surface area is 91.4 Å². The lowest BCUT2D eigenvalue weighted by atomic mass is 10.1. The van der Waals surface area contributed by atoms with E-state index < -0.39 is 0 Å². The van der Waals surface area contributed by atoms with Crippen LogP contribution in [0.4, 0.5) is 0 Å². The van der Waals surface area contributed by atoms with Crippen LogP contribution >= 0.6 is 0 Å². The van der Waals surface area contributed by atoms with Gasteiger partial charge in [0.05, 0.1) is 6.20 Å². The molecule has 0 amide bonds. The summed E-state index contributed by atoms with van der Waals surface area (Å²) < 4.78 is 1.88. The summed E-state index contributed by atoms with van der Waals surface area (Å²) in [5.74, 6) is 0. The fourth-order valence-electron chi connectivity index (χ4n) is 2.35. The van der Waals surface area contributed by atoms with Gasteiger partial charge in [0.2, 0.25) is 0 Å². The average Bonchev–Trinajstić information content (AvgIpc) is 2.72. The van der Waals surface area contributed by atoms with Crippen molar-refractivity contribution in [3.63, 3.8) is 0 Å². The second-order valence-electron chi connectivity index (χ2n) is 4.53. The van der Waals surface area contributed by atoms with Crippen molar-refractivity contribution in [3.8, 4) is 0 Å². The quantitative estimate of drug-likeness (QED) is 0.705. The average molecular weight is 205 g/mol. The highest BCUT2D eigenvalue weighted by molar-refractivity contribution is 5.13. The maximum atomic E-state index is 4.24. The monoisotopic (exact) mass is 205 g/mol. The molecule has 1 saturated heterocycles. The fraction of sp³-hybridized carbons (Fsp3) is 0.583. The third-order valence-corrected chi connectivity index (χ3v) is 2.95. The van der Waals surface area contributed by atoms with Crippen molar-refractivity contribution in [1.29, 1.82) is 0 Å². The van der Waals surface area contributed by atoms with Crippen LogP contribution in [-0.4, -0.2) is 27.8 Å². The third-order valence-electron chi connectivity index (χ3n) is 2.95. The largest absolute Gasteiger partial charge is 0.292 e. The van der Waals surface area contributed by atoms with Gasteiger partial charge in [0.1, 0.15) is 0 Å². The van der Waals surface area contributed by atoms with E-state index in [4.69, 9.17) is 0 Å². The first-order chi connectivity index (χ1) is 7.16. The van der Waals surface area contributed by atoms with Crippen LogP contribution in [-0.2, 0) is 7.05 Å². The molecule has 0 N–H and O–H groups in total. The van der Waals surface area contributed by atoms with Crippen molar-refractivity contribution in [2.75, 3.05) is 13.1 Å². The maximum absolute atomic E-state index is 4.24. The molecule has 0 bridgehead atoms. The zero-order chi connectivity index (χ0) is 10.8. The number of likely N-dealkylation sites (tertiary alicyclic amines) is 1. The summed E-state index contributed by atoms with van der Waals surface area (Å²) >= 11 is 0. The Morgan fingerprint density at radius 3 is 3.07 bits per heavy atom. The number of rotatable bonds is 3. The number of aryl methyl sites for hydroxylation is 1. The second kappa shape index (κ2) is 4.19. The van der Waals surface area contributed by atoms with E-state index >= 15 is 0 Å². The molecule has 0 aromatic carbocycles. The van der Waals surface area contributed by atoms with Gasteiger partial charge in [-0.25, -0.2) is 0 Å². The van der Waals surface area contributed by atoms with Crippen molar-refractivity contribution in [1.82, 2.24) is 14.7 Å². The van der Waals surface area contributed by atoms with Gasteiger partial charge in [-0.2, -0.15) is 5.10 Å². The summed E-state index contributed by atoms with van der Waals surface area (Å²) in [4.78, 5) is 2.50. The summed E-state index contributed by atoms with van der Waals surface area (Å²) in [6.45, 7) is 8.29. The Morgan fingerprint density at radius 2 is 2.47 bits per heavy atom. The molecule has 82 valence electrons. The highest BCUT2D eigenvalue weighted by Crippen LogP contribution is 2.31. The van der Waals surface area contributed by atoms with Gasteiger partial charge in [-0.15, -0.1) is 0 Å². The van der Waals surface area contributed by atoms with Crippen molar-refractivity contribution < 1.29 is 0 Å². The summed E-state index contributed by atoms with van der Waals surface area (Å²) in [6.07, 6.45) is 6.65. The molecule has 2 heterocycles. The molecule has 0 unspecified atom stereocenters. The molecule has 2 rings (SSSR count). The van der Waals surface area contributed by atoms with E-state index in [1.54, 1.807) is 0 Å². The number of hydrogen-bond donors (Lipinski definition) is 0. The summed E-state index contributed by atoms with van der Waals surface area (Å²) in [7, 11) is 1.97. The molecule has 1 fully saturated rings. The van der Waals surface area contributed by atoms with Gasteiger partial charge in [-0.3, -0.25) is 9.58 Å². The predicted octanol–water partition coefficient (Wildman–Crippen LogP) is 2.13. The first-order valence-electron chi connectivity index (χ1n) is 5.54. The molecule has 1 aromatic rings. The molecule has 0 aliphatic carbocycles. The van der Waals surface area contributed by atoms with E-state index in [-0.39, 0.29) is 0 Å². The molecule has 1 aliphatic heterocycles. The third kappa shape index (κ3) is 2.29. The number of nitrogens with zero attached hydrogens (tertiary/aromatic N) is 3. The molecule has 0 saturated carbocycles. The Balaban J connectivity index is 2.10. The van der Waals surface area contributed by atoms with Crippen molar-refractivity contribution in [2.45, 2.75) is 25.8 Å². The van der Waals surface area contributed by atoms with Crippen LogP contribution in [0, 0.1) is 0 Å². The zero-order valence-electron chi connectivity index (χ0n) is 9.61. The smallest absolute Gasteiger partial charge is 0.0537 e. The van der Waals surface area contributed by atoms with Crippen molar-refractivity contribution in [3.05, 3.63) is 30.1 Å². The van der Waals surface area contributed by atoms with E-state index in [0.29, 0.717) is 6.04 Å². The summed E-state index contributed by atoms with van der Waals surface area (Å²) in [5.41, 5.74) is 2.59. The highest BCUT2D eigenvalue weighted by atomic mass is 15.3. The van der Waals surface area contributed by atoms with Gasteiger partial charge in [-0.05, 0) is 26.3 Å². The van der Waals surface area contributed by atoms with E-state index in [1.165, 1.54) is 30.5 Å². The highest BCUT2D eigenvalue weighted by Gasteiger charge is 2.26. The molecule has 1 aromatic heterocycles. The van der Waals surface area contributed by atoms with Crippen LogP contribution in [0.15, 0.2) is 24.5 Å². The lowest BCUT2D eigenvalue weighted by molar-refractivity contribution is 0.279. The minimum Gasteiger partial charge on any atom is -0.292 e. The van der Waals surface area contributed by atoms with E-state index in [2.05, 4.69) is 29.7 Å². The summed E-state index contributed by atoms with van der Waals surface area (Å²) in [5, 5.41) is 4.24. The van der Waals surface area contributed by atoms with Crippen LogP contribution < -0.4 is 0 Å². The van der Waals surface area contributed by atoms with Gasteiger partial charge in [0.25, 0.3) is 0 Å². The fourth-order valence-corrected chi connectivity index (χ4v) is 2.35. The standard InChI is InChI=1S/C12H19N3/c1-10(2)8-15-6-4-5-12(15)11-7-13-14(3)9-11/h7,9,12H,1,4-6,8H2,2-3H3/t12-/m1/s1. The van der Waals surface area contributed by atoms with Crippen LogP contribution in [0.1, 0.15) is 31.4 Å². The Bertz CT molecular complexity index is 354. The minimum absolute atomic E-state index is 0.551. The van der Waals surface area contributed by atoms with Gasteiger partial charge in [-0.1, -0.05) is 12.2 Å². The lowest BCUT2D eigenvalue weighted by Crippen LogP contribution is -2.24. The molecule has 1 aliphatic rings. The number of hydrogen-bond acceptors (Lipinski definition) is 2. The normalized spacial score (nSPS) is 22.1. The molecule has 15 heavy (non-hydrogen) atoms. The minimum atomic E-state index is 0.551. The van der Waals surface area contributed by atoms with Gasteiger partial charge < -0.3 is 0 Å². The predicted molar refractivity (Wildman–Crippen MR) is 61.6 cm³/mol. The molecular formula is C12H19N3. The summed E-state index contributed by atoms with van der Waals surface area (Å²) in [6, 6.07) is 0.551.